The first kappa shape index (κ1) is 14.5. The number of benzene rings is 2. The Bertz CT molecular complexity index is 758. The second kappa shape index (κ2) is 6.13. The van der Waals surface area contributed by atoms with Gasteiger partial charge in [-0.3, -0.25) is 0 Å². The summed E-state index contributed by atoms with van der Waals surface area (Å²) in [6.07, 6.45) is -0.0582. The quantitative estimate of drug-likeness (QED) is 0.749. The number of thiazole rings is 1. The molecule has 0 aliphatic heterocycles. The van der Waals surface area contributed by atoms with Crippen LogP contribution in [0.4, 0.5) is 0 Å². The van der Waals surface area contributed by atoms with Gasteiger partial charge < -0.3 is 9.84 Å². The highest BCUT2D eigenvalue weighted by atomic mass is 79.9. The van der Waals surface area contributed by atoms with Crippen molar-refractivity contribution in [2.24, 2.45) is 0 Å². The fourth-order valence-electron chi connectivity index (χ4n) is 2.32. The highest BCUT2D eigenvalue weighted by Crippen LogP contribution is 2.35. The summed E-state index contributed by atoms with van der Waals surface area (Å²) in [4.78, 5) is 4.47. The van der Waals surface area contributed by atoms with Crippen molar-refractivity contribution in [3.8, 4) is 5.75 Å². The van der Waals surface area contributed by atoms with Crippen LogP contribution in [-0.4, -0.2) is 17.2 Å². The molecule has 5 heteroatoms. The highest BCUT2D eigenvalue weighted by Gasteiger charge is 2.17. The number of rotatable bonds is 4. The predicted octanol–water partition coefficient (Wildman–Crippen LogP) is 4.34. The van der Waals surface area contributed by atoms with Crippen LogP contribution in [0.25, 0.3) is 10.2 Å². The molecule has 21 heavy (non-hydrogen) atoms. The van der Waals surface area contributed by atoms with Gasteiger partial charge >= 0.3 is 0 Å². The van der Waals surface area contributed by atoms with E-state index in [2.05, 4.69) is 20.9 Å². The Kier molecular flexibility index (Phi) is 4.24. The van der Waals surface area contributed by atoms with Crippen molar-refractivity contribution < 1.29 is 9.84 Å². The SMILES string of the molecule is COc1cc(C(O)Cc2ccccc2)c2nc(Br)sc2c1. The number of fused-ring (bicyclic) bond motifs is 1. The molecule has 0 spiro atoms. The van der Waals surface area contributed by atoms with E-state index in [1.807, 2.05) is 42.5 Å². The second-order valence-corrected chi connectivity index (χ2v) is 7.04. The first-order valence-electron chi connectivity index (χ1n) is 6.53. The van der Waals surface area contributed by atoms with Crippen molar-refractivity contribution in [2.45, 2.75) is 12.5 Å². The summed E-state index contributed by atoms with van der Waals surface area (Å²) in [5.41, 5.74) is 2.72. The van der Waals surface area contributed by atoms with E-state index in [-0.39, 0.29) is 0 Å². The van der Waals surface area contributed by atoms with E-state index in [4.69, 9.17) is 4.74 Å². The number of nitrogens with zero attached hydrogens (tertiary/aromatic N) is 1. The van der Waals surface area contributed by atoms with Crippen LogP contribution in [0.1, 0.15) is 17.2 Å². The van der Waals surface area contributed by atoms with Gasteiger partial charge in [-0.1, -0.05) is 30.3 Å². The van der Waals surface area contributed by atoms with Crippen molar-refractivity contribution >= 4 is 37.5 Å². The topological polar surface area (TPSA) is 42.4 Å². The molecule has 0 aliphatic carbocycles. The lowest BCUT2D eigenvalue weighted by Crippen LogP contribution is -2.03. The first-order chi connectivity index (χ1) is 10.2. The number of halogens is 1. The molecule has 0 bridgehead atoms. The van der Waals surface area contributed by atoms with E-state index in [9.17, 15) is 5.11 Å². The van der Waals surface area contributed by atoms with Gasteiger partial charge in [0.1, 0.15) is 5.75 Å². The van der Waals surface area contributed by atoms with Crippen molar-refractivity contribution in [1.29, 1.82) is 0 Å². The molecule has 2 aromatic carbocycles. The Balaban J connectivity index is 2.01. The molecule has 3 nitrogen and oxygen atoms in total. The Hall–Kier alpha value is -1.43. The van der Waals surface area contributed by atoms with Gasteiger partial charge in [0.15, 0.2) is 3.92 Å². The van der Waals surface area contributed by atoms with Crippen molar-refractivity contribution in [1.82, 2.24) is 4.98 Å². The summed E-state index contributed by atoms with van der Waals surface area (Å²) < 4.78 is 7.13. The molecule has 0 amide bonds. The molecule has 0 fully saturated rings. The van der Waals surface area contributed by atoms with Gasteiger partial charge in [0, 0.05) is 12.0 Å². The minimum Gasteiger partial charge on any atom is -0.497 e. The van der Waals surface area contributed by atoms with Crippen molar-refractivity contribution in [2.75, 3.05) is 7.11 Å². The second-order valence-electron chi connectivity index (χ2n) is 4.74. The summed E-state index contributed by atoms with van der Waals surface area (Å²) in [7, 11) is 1.63. The van der Waals surface area contributed by atoms with E-state index in [0.717, 1.165) is 31.0 Å². The van der Waals surface area contributed by atoms with Crippen molar-refractivity contribution in [3.63, 3.8) is 0 Å². The molecule has 3 aromatic rings. The Labute approximate surface area is 135 Å². The lowest BCUT2D eigenvalue weighted by Gasteiger charge is -2.13. The summed E-state index contributed by atoms with van der Waals surface area (Å²) in [6, 6.07) is 13.7. The zero-order valence-corrected chi connectivity index (χ0v) is 13.8. The molecular formula is C16H14BrNO2S. The minimum atomic E-state index is -0.612. The Morgan fingerprint density at radius 3 is 2.76 bits per heavy atom. The zero-order chi connectivity index (χ0) is 14.8. The van der Waals surface area contributed by atoms with E-state index < -0.39 is 6.10 Å². The third kappa shape index (κ3) is 3.10. The number of hydrogen-bond donors (Lipinski definition) is 1. The molecule has 0 saturated heterocycles. The van der Waals surface area contributed by atoms with Crippen LogP contribution in [0, 0.1) is 0 Å². The molecule has 0 radical (unpaired) electrons. The molecule has 1 atom stereocenters. The normalized spacial score (nSPS) is 12.5. The van der Waals surface area contributed by atoms with Crippen molar-refractivity contribution in [3.05, 3.63) is 57.5 Å². The number of aliphatic hydroxyl groups excluding tert-OH is 1. The lowest BCUT2D eigenvalue weighted by molar-refractivity contribution is 0.179. The fraction of sp³-hybridized carbons (Fsp3) is 0.188. The standard InChI is InChI=1S/C16H14BrNO2S/c1-20-11-8-12(15-14(9-11)21-16(17)18-15)13(19)7-10-5-3-2-4-6-10/h2-6,8-9,13,19H,7H2,1H3. The Morgan fingerprint density at radius 2 is 2.05 bits per heavy atom. The van der Waals surface area contributed by atoms with Crippen LogP contribution in [0.5, 0.6) is 5.75 Å². The van der Waals surface area contributed by atoms with Gasteiger partial charge in [-0.15, -0.1) is 11.3 Å². The molecule has 108 valence electrons. The maximum absolute atomic E-state index is 10.6. The number of ether oxygens (including phenoxy) is 1. The lowest BCUT2D eigenvalue weighted by atomic mass is 10.0. The number of methoxy groups -OCH3 is 1. The number of aliphatic hydroxyl groups is 1. The van der Waals surface area contributed by atoms with Crippen LogP contribution < -0.4 is 4.74 Å². The van der Waals surface area contributed by atoms with E-state index >= 15 is 0 Å². The maximum atomic E-state index is 10.6. The summed E-state index contributed by atoms with van der Waals surface area (Å²) in [6.45, 7) is 0. The minimum absolute atomic E-state index is 0.554. The van der Waals surface area contributed by atoms with E-state index in [1.165, 1.54) is 11.3 Å². The van der Waals surface area contributed by atoms with Gasteiger partial charge in [0.25, 0.3) is 0 Å². The van der Waals surface area contributed by atoms with Gasteiger partial charge in [0.2, 0.25) is 0 Å². The smallest absolute Gasteiger partial charge is 0.160 e. The molecule has 0 saturated carbocycles. The summed E-state index contributed by atoms with van der Waals surface area (Å²) in [5.74, 6) is 0.737. The third-order valence-electron chi connectivity index (χ3n) is 3.34. The average molecular weight is 364 g/mol. The predicted molar refractivity (Wildman–Crippen MR) is 89.0 cm³/mol. The van der Waals surface area contributed by atoms with E-state index in [1.54, 1.807) is 7.11 Å². The maximum Gasteiger partial charge on any atom is 0.160 e. The molecular weight excluding hydrogens is 350 g/mol. The van der Waals surface area contributed by atoms with Crippen LogP contribution in [-0.2, 0) is 6.42 Å². The van der Waals surface area contributed by atoms with Crippen LogP contribution in [0.2, 0.25) is 0 Å². The molecule has 1 aromatic heterocycles. The average Bonchev–Trinajstić information content (AvgIpc) is 2.87. The van der Waals surface area contributed by atoms with Crippen LogP contribution in [0.15, 0.2) is 46.4 Å². The molecule has 0 aliphatic rings. The van der Waals surface area contributed by atoms with Gasteiger partial charge in [-0.05, 0) is 33.6 Å². The Morgan fingerprint density at radius 1 is 1.29 bits per heavy atom. The van der Waals surface area contributed by atoms with E-state index in [0.29, 0.717) is 6.42 Å². The van der Waals surface area contributed by atoms with Gasteiger partial charge in [-0.2, -0.15) is 0 Å². The number of hydrogen-bond acceptors (Lipinski definition) is 4. The zero-order valence-electron chi connectivity index (χ0n) is 11.4. The van der Waals surface area contributed by atoms with Gasteiger partial charge in [0.05, 0.1) is 23.4 Å². The number of aromatic nitrogens is 1. The fourth-order valence-corrected chi connectivity index (χ4v) is 3.78. The summed E-state index contributed by atoms with van der Waals surface area (Å²) >= 11 is 4.94. The van der Waals surface area contributed by atoms with Crippen LogP contribution in [0.3, 0.4) is 0 Å². The molecule has 3 rings (SSSR count). The van der Waals surface area contributed by atoms with Gasteiger partial charge in [-0.25, -0.2) is 4.98 Å². The first-order valence-corrected chi connectivity index (χ1v) is 8.14. The largest absolute Gasteiger partial charge is 0.497 e. The van der Waals surface area contributed by atoms with Crippen LogP contribution >= 0.6 is 27.3 Å². The summed E-state index contributed by atoms with van der Waals surface area (Å²) in [5, 5.41) is 10.6. The third-order valence-corrected chi connectivity index (χ3v) is 4.79. The molecule has 1 heterocycles. The molecule has 1 N–H and O–H groups in total. The monoisotopic (exact) mass is 363 g/mol. The molecule has 1 unspecified atom stereocenters. The highest BCUT2D eigenvalue weighted by molar-refractivity contribution is 9.11.